The van der Waals surface area contributed by atoms with E-state index < -0.39 is 0 Å². The predicted molar refractivity (Wildman–Crippen MR) is 117 cm³/mol. The van der Waals surface area contributed by atoms with Crippen molar-refractivity contribution in [2.75, 3.05) is 5.32 Å². The Morgan fingerprint density at radius 3 is 2.90 bits per heavy atom. The van der Waals surface area contributed by atoms with Crippen molar-refractivity contribution in [3.8, 4) is 5.69 Å². The molecule has 0 fully saturated rings. The molecule has 4 aromatic rings. The first-order valence-electron chi connectivity index (χ1n) is 9.86. The number of nitrogens with one attached hydrogen (secondary N) is 1. The van der Waals surface area contributed by atoms with Crippen LogP contribution in [-0.4, -0.2) is 51.4 Å². The van der Waals surface area contributed by atoms with Crippen molar-refractivity contribution in [2.24, 2.45) is 0 Å². The third-order valence-corrected chi connectivity index (χ3v) is 8.28. The summed E-state index contributed by atoms with van der Waals surface area (Å²) in [5, 5.41) is 12.1. The summed E-state index contributed by atoms with van der Waals surface area (Å²) in [5.41, 5.74) is 5.25. The third kappa shape index (κ3) is 3.65. The van der Waals surface area contributed by atoms with Crippen LogP contribution < -0.4 is 5.32 Å². The van der Waals surface area contributed by atoms with Crippen LogP contribution in [0.15, 0.2) is 61.1 Å². The summed E-state index contributed by atoms with van der Waals surface area (Å²) in [7, 11) is 0. The first-order chi connectivity index (χ1) is 14.7. The molecule has 3 aromatic heterocycles. The molecule has 7 nitrogen and oxygen atoms in total. The number of carbonyl (C=O) groups excluding carboxylic acids is 1. The summed E-state index contributed by atoms with van der Waals surface area (Å²) < 4.78 is 5.98. The van der Waals surface area contributed by atoms with Gasteiger partial charge in [-0.05, 0) is 6.07 Å². The van der Waals surface area contributed by atoms with Crippen LogP contribution in [0.5, 0.6) is 0 Å². The number of amides is 1. The molecule has 0 atom stereocenters. The number of allylic oxidation sites excluding steroid dienone is 2. The average Bonchev–Trinajstić information content (AvgIpc) is 3.39. The summed E-state index contributed by atoms with van der Waals surface area (Å²) in [4.78, 5) is 17.3. The molecule has 4 heterocycles. The number of carbonyl (C=O) groups is 1. The molecule has 0 bridgehead atoms. The number of rotatable bonds is 4. The van der Waals surface area contributed by atoms with E-state index in [0.29, 0.717) is 17.0 Å². The molecule has 30 heavy (non-hydrogen) atoms. The molecule has 0 unspecified atom stereocenters. The molecule has 8 heteroatoms. The third-order valence-electron chi connectivity index (χ3n) is 5.15. The minimum absolute atomic E-state index is 0.211. The number of aromatic nitrogens is 5. The van der Waals surface area contributed by atoms with Gasteiger partial charge in [-0.1, -0.05) is 0 Å². The van der Waals surface area contributed by atoms with Crippen molar-refractivity contribution in [1.29, 1.82) is 0 Å². The van der Waals surface area contributed by atoms with Gasteiger partial charge in [0.15, 0.2) is 0 Å². The first kappa shape index (κ1) is 19.0. The van der Waals surface area contributed by atoms with Gasteiger partial charge >= 0.3 is 178 Å². The van der Waals surface area contributed by atoms with Crippen molar-refractivity contribution < 1.29 is 4.79 Å². The topological polar surface area (TPSA) is 77.1 Å². The molecular formula is C22H20N6OSn. The van der Waals surface area contributed by atoms with E-state index in [1.165, 1.54) is 20.0 Å². The van der Waals surface area contributed by atoms with Crippen molar-refractivity contribution >= 4 is 44.1 Å². The van der Waals surface area contributed by atoms with Gasteiger partial charge in [0.2, 0.25) is 0 Å². The molecule has 0 aliphatic carbocycles. The van der Waals surface area contributed by atoms with Gasteiger partial charge in [-0.2, -0.15) is 0 Å². The molecule has 1 amide bonds. The van der Waals surface area contributed by atoms with Gasteiger partial charge in [0.05, 0.1) is 0 Å². The van der Waals surface area contributed by atoms with E-state index in [9.17, 15) is 4.79 Å². The zero-order valence-corrected chi connectivity index (χ0v) is 19.4. The maximum absolute atomic E-state index is 13.1. The number of aryl methyl sites for hydroxylation is 1. The molecule has 1 aromatic carbocycles. The monoisotopic (exact) mass is 504 g/mol. The van der Waals surface area contributed by atoms with Gasteiger partial charge in [0.1, 0.15) is 0 Å². The van der Waals surface area contributed by atoms with E-state index in [2.05, 4.69) is 28.4 Å². The summed E-state index contributed by atoms with van der Waals surface area (Å²) in [5.74, 6) is 0.385. The van der Waals surface area contributed by atoms with E-state index >= 15 is 0 Å². The predicted octanol–water partition coefficient (Wildman–Crippen LogP) is 3.80. The van der Waals surface area contributed by atoms with Crippen molar-refractivity contribution in [2.45, 2.75) is 22.2 Å². The molecule has 1 aliphatic rings. The standard InChI is InChI=1S/C22H20N6O.Sn/c1-4-16(5-2)19-13-20(28(26-19)17-9-7-15(3)8-10-17)25-22(29)18-14-24-27-12-6-11-23-21(18)27;/h4,6-14H,1-2,5H2,3H3,(H,25,29);. The van der Waals surface area contributed by atoms with Gasteiger partial charge in [0, 0.05) is 0 Å². The fourth-order valence-corrected chi connectivity index (χ4v) is 6.51. The van der Waals surface area contributed by atoms with Crippen LogP contribution in [0.2, 0.25) is 8.87 Å². The van der Waals surface area contributed by atoms with E-state index in [-0.39, 0.29) is 27.0 Å². The van der Waals surface area contributed by atoms with Gasteiger partial charge < -0.3 is 0 Å². The fraction of sp³-hybridized carbons (Fsp3) is 0.182. The number of anilines is 1. The van der Waals surface area contributed by atoms with E-state index in [0.717, 1.165) is 17.8 Å². The molecule has 0 spiro atoms. The number of fused-ring (bicyclic) bond motifs is 1. The molecule has 0 saturated carbocycles. The number of hydrogen-bond donors (Lipinski definition) is 1. The molecule has 2 radical (unpaired) electrons. The normalized spacial score (nSPS) is 14.0. The zero-order chi connectivity index (χ0) is 20.5. The Bertz CT molecular complexity index is 1250. The SMILES string of the molecule is Cc1ccc(-n2nc(C3=C[CH2][Sn][CH2]C3)cc2NC(=O)c2cnn3cccnc23)cc1. The zero-order valence-electron chi connectivity index (χ0n) is 16.5. The Kier molecular flexibility index (Phi) is 5.12. The van der Waals surface area contributed by atoms with Crippen molar-refractivity contribution in [1.82, 2.24) is 24.4 Å². The van der Waals surface area contributed by atoms with Crippen LogP contribution in [0.1, 0.15) is 28.0 Å². The van der Waals surface area contributed by atoms with Gasteiger partial charge in [-0.25, -0.2) is 0 Å². The van der Waals surface area contributed by atoms with Crippen LogP contribution >= 0.6 is 0 Å². The summed E-state index contributed by atoms with van der Waals surface area (Å²) in [6.07, 6.45) is 8.39. The van der Waals surface area contributed by atoms with E-state index in [1.54, 1.807) is 33.9 Å². The number of benzene rings is 1. The van der Waals surface area contributed by atoms with Crippen LogP contribution in [0, 0.1) is 6.92 Å². The van der Waals surface area contributed by atoms with Crippen molar-refractivity contribution in [3.63, 3.8) is 0 Å². The Morgan fingerprint density at radius 2 is 2.10 bits per heavy atom. The van der Waals surface area contributed by atoms with Crippen LogP contribution in [0.3, 0.4) is 0 Å². The first-order valence-corrected chi connectivity index (χ1v) is 13.9. The molecule has 0 saturated heterocycles. The Labute approximate surface area is 184 Å². The van der Waals surface area contributed by atoms with Crippen molar-refractivity contribution in [3.05, 3.63) is 77.9 Å². The Hall–Kier alpha value is -2.94. The van der Waals surface area contributed by atoms with Crippen LogP contribution in [-0.2, 0) is 0 Å². The summed E-state index contributed by atoms with van der Waals surface area (Å²) >= 11 is -0.211. The minimum atomic E-state index is -0.254. The van der Waals surface area contributed by atoms with Crippen LogP contribution in [0.25, 0.3) is 16.9 Å². The maximum atomic E-state index is 13.1. The van der Waals surface area contributed by atoms with Gasteiger partial charge in [0.25, 0.3) is 0 Å². The molecule has 5 rings (SSSR count). The molecule has 1 N–H and O–H groups in total. The van der Waals surface area contributed by atoms with E-state index in [1.807, 2.05) is 30.3 Å². The second-order valence-corrected chi connectivity index (χ2v) is 11.3. The average molecular weight is 503 g/mol. The molecule has 148 valence electrons. The Balaban J connectivity index is 1.54. The summed E-state index contributed by atoms with van der Waals surface area (Å²) in [6, 6.07) is 11.9. The van der Waals surface area contributed by atoms with Gasteiger partial charge in [-0.15, -0.1) is 0 Å². The molecular weight excluding hydrogens is 483 g/mol. The van der Waals surface area contributed by atoms with Crippen LogP contribution in [0.4, 0.5) is 5.82 Å². The van der Waals surface area contributed by atoms with E-state index in [4.69, 9.17) is 5.10 Å². The molecule has 1 aliphatic heterocycles. The Morgan fingerprint density at radius 1 is 1.23 bits per heavy atom. The fourth-order valence-electron chi connectivity index (χ4n) is 3.54. The quantitative estimate of drug-likeness (QED) is 0.430. The van der Waals surface area contributed by atoms with Gasteiger partial charge in [-0.3, -0.25) is 0 Å². The summed E-state index contributed by atoms with van der Waals surface area (Å²) in [6.45, 7) is 2.05. The second kappa shape index (κ2) is 8.06. The second-order valence-electron chi connectivity index (χ2n) is 7.25. The number of hydrogen-bond acceptors (Lipinski definition) is 4. The number of nitrogens with zero attached hydrogens (tertiary/aromatic N) is 5.